The number of thiazole rings is 1. The molecule has 0 spiro atoms. The van der Waals surface area contributed by atoms with Gasteiger partial charge in [0.15, 0.2) is 10.8 Å². The fourth-order valence-electron chi connectivity index (χ4n) is 3.19. The van der Waals surface area contributed by atoms with Crippen molar-refractivity contribution < 1.29 is 30.8 Å². The summed E-state index contributed by atoms with van der Waals surface area (Å²) in [6.07, 6.45) is -1.31. The lowest BCUT2D eigenvalue weighted by Gasteiger charge is -2.22. The molecule has 1 fully saturated rings. The third-order valence-corrected chi connectivity index (χ3v) is 7.85. The quantitative estimate of drug-likeness (QED) is 0.394. The molecule has 0 bridgehead atoms. The van der Waals surface area contributed by atoms with Crippen LogP contribution in [0.2, 0.25) is 0 Å². The van der Waals surface area contributed by atoms with E-state index in [0.717, 1.165) is 36.4 Å². The summed E-state index contributed by atoms with van der Waals surface area (Å²) in [6, 6.07) is 3.47. The highest BCUT2D eigenvalue weighted by Gasteiger charge is 2.35. The Labute approximate surface area is 208 Å². The normalized spacial score (nSPS) is 14.5. The van der Waals surface area contributed by atoms with Crippen molar-refractivity contribution >= 4 is 38.1 Å². The van der Waals surface area contributed by atoms with Crippen LogP contribution in [0.1, 0.15) is 38.1 Å². The molecule has 4 rings (SSSR count). The number of sulfonamides is 1. The molecule has 0 saturated heterocycles. The Morgan fingerprint density at radius 2 is 1.86 bits per heavy atom. The summed E-state index contributed by atoms with van der Waals surface area (Å²) in [5.74, 6) is -1.33. The van der Waals surface area contributed by atoms with E-state index in [2.05, 4.69) is 25.0 Å². The van der Waals surface area contributed by atoms with Gasteiger partial charge in [-0.1, -0.05) is 6.07 Å². The zero-order valence-corrected chi connectivity index (χ0v) is 20.7. The van der Waals surface area contributed by atoms with Gasteiger partial charge in [0, 0.05) is 10.9 Å². The zero-order chi connectivity index (χ0) is 26.3. The molecule has 1 aliphatic carbocycles. The number of halogens is 4. The molecule has 192 valence electrons. The van der Waals surface area contributed by atoms with Crippen LogP contribution in [0, 0.1) is 11.7 Å². The van der Waals surface area contributed by atoms with Crippen LogP contribution in [0.4, 0.5) is 28.4 Å². The maximum atomic E-state index is 14.7. The number of alkyl halides is 3. The van der Waals surface area contributed by atoms with Gasteiger partial charge < -0.3 is 5.32 Å². The summed E-state index contributed by atoms with van der Waals surface area (Å²) >= 11 is 1.03. The number of hydrogen-bond donors (Lipinski definition) is 2. The van der Waals surface area contributed by atoms with Gasteiger partial charge in [0.05, 0.1) is 40.6 Å². The molecule has 0 aliphatic heterocycles. The van der Waals surface area contributed by atoms with Crippen LogP contribution >= 0.6 is 11.3 Å². The Kier molecular flexibility index (Phi) is 6.77. The van der Waals surface area contributed by atoms with Crippen molar-refractivity contribution in [3.8, 4) is 11.3 Å². The average molecular weight is 544 g/mol. The fourth-order valence-corrected chi connectivity index (χ4v) is 5.83. The molecule has 1 aromatic carbocycles. The van der Waals surface area contributed by atoms with E-state index in [1.54, 1.807) is 19.2 Å². The van der Waals surface area contributed by atoms with Gasteiger partial charge in [0.1, 0.15) is 5.82 Å². The first kappa shape index (κ1) is 25.9. The number of benzene rings is 1. The minimum atomic E-state index is -4.70. The van der Waals surface area contributed by atoms with Gasteiger partial charge in [0.25, 0.3) is 0 Å². The molecule has 3 aromatic rings. The van der Waals surface area contributed by atoms with E-state index >= 15 is 0 Å². The number of hydrogen-bond acceptors (Lipinski definition) is 7. The van der Waals surface area contributed by atoms with Gasteiger partial charge >= 0.3 is 6.18 Å². The topological polar surface area (TPSA) is 114 Å². The minimum absolute atomic E-state index is 0.0210. The predicted octanol–water partition coefficient (Wildman–Crippen LogP) is 4.83. The van der Waals surface area contributed by atoms with E-state index in [-0.39, 0.29) is 39.4 Å². The highest BCUT2D eigenvalue weighted by Crippen LogP contribution is 2.33. The molecule has 0 unspecified atom stereocenters. The monoisotopic (exact) mass is 543 g/mol. The summed E-state index contributed by atoms with van der Waals surface area (Å²) < 4.78 is 80.2. The standard InChI is InChI=1S/C22H21F4N5O3S2/c1-21(2,18-10-35-20(30-18)31-36(33,34)11-12-3-4-12)19(32)29-15-6-5-13(7-14(15)23)16-8-27-9-17(28-16)22(24,25)26/h5-10,12H,3-4,11H2,1-2H3,(H,29,32)(H,30,31). The van der Waals surface area contributed by atoms with Crippen molar-refractivity contribution in [1.29, 1.82) is 0 Å². The molecular weight excluding hydrogens is 522 g/mol. The van der Waals surface area contributed by atoms with Gasteiger partial charge in [-0.25, -0.2) is 22.8 Å². The molecule has 14 heteroatoms. The van der Waals surface area contributed by atoms with E-state index in [1.165, 1.54) is 12.1 Å². The lowest BCUT2D eigenvalue weighted by molar-refractivity contribution is -0.141. The number of nitrogens with one attached hydrogen (secondary N) is 2. The van der Waals surface area contributed by atoms with Gasteiger partial charge in [-0.15, -0.1) is 11.3 Å². The number of carbonyl (C=O) groups excluding carboxylic acids is 1. The van der Waals surface area contributed by atoms with Crippen molar-refractivity contribution in [2.45, 2.75) is 38.3 Å². The predicted molar refractivity (Wildman–Crippen MR) is 126 cm³/mol. The molecule has 8 nitrogen and oxygen atoms in total. The third-order valence-electron chi connectivity index (χ3n) is 5.55. The Balaban J connectivity index is 1.47. The first-order chi connectivity index (χ1) is 16.7. The number of rotatable bonds is 8. The highest BCUT2D eigenvalue weighted by atomic mass is 32.2. The van der Waals surface area contributed by atoms with Crippen molar-refractivity contribution in [1.82, 2.24) is 15.0 Å². The molecule has 2 N–H and O–H groups in total. The second-order valence-electron chi connectivity index (χ2n) is 8.93. The molecule has 0 radical (unpaired) electrons. The van der Waals surface area contributed by atoms with Crippen LogP contribution in [0.3, 0.4) is 0 Å². The van der Waals surface area contributed by atoms with Crippen LogP contribution in [0.25, 0.3) is 11.3 Å². The van der Waals surface area contributed by atoms with E-state index in [9.17, 15) is 30.8 Å². The summed E-state index contributed by atoms with van der Waals surface area (Å²) in [5.41, 5.74) is -2.51. The first-order valence-electron chi connectivity index (χ1n) is 10.7. The van der Waals surface area contributed by atoms with Gasteiger partial charge in [0.2, 0.25) is 15.9 Å². The summed E-state index contributed by atoms with van der Waals surface area (Å²) in [6.45, 7) is 3.09. The molecule has 1 aliphatic rings. The zero-order valence-electron chi connectivity index (χ0n) is 19.1. The second-order valence-corrected chi connectivity index (χ2v) is 11.6. The average Bonchev–Trinajstić information content (AvgIpc) is 3.46. The van der Waals surface area contributed by atoms with Crippen molar-refractivity contribution in [2.24, 2.45) is 5.92 Å². The summed E-state index contributed by atoms with van der Waals surface area (Å²) in [5, 5.41) is 4.12. The Bertz CT molecular complexity index is 1400. The van der Waals surface area contributed by atoms with Crippen LogP contribution in [-0.2, 0) is 26.4 Å². The molecular formula is C22H21F4N5O3S2. The lowest BCUT2D eigenvalue weighted by atomic mass is 9.89. The third kappa shape index (κ3) is 5.98. The number of anilines is 2. The van der Waals surface area contributed by atoms with Crippen LogP contribution in [0.15, 0.2) is 36.0 Å². The van der Waals surface area contributed by atoms with Crippen LogP contribution in [-0.4, -0.2) is 35.0 Å². The number of carbonyl (C=O) groups is 1. The molecule has 1 saturated carbocycles. The van der Waals surface area contributed by atoms with E-state index in [4.69, 9.17) is 0 Å². The Morgan fingerprint density at radius 3 is 2.50 bits per heavy atom. The number of amides is 1. The van der Waals surface area contributed by atoms with Crippen molar-refractivity contribution in [3.05, 3.63) is 53.2 Å². The largest absolute Gasteiger partial charge is 0.434 e. The van der Waals surface area contributed by atoms with Gasteiger partial charge in [-0.3, -0.25) is 14.5 Å². The van der Waals surface area contributed by atoms with Crippen LogP contribution < -0.4 is 10.0 Å². The van der Waals surface area contributed by atoms with E-state index in [0.29, 0.717) is 6.20 Å². The van der Waals surface area contributed by atoms with Crippen molar-refractivity contribution in [3.63, 3.8) is 0 Å². The van der Waals surface area contributed by atoms with Gasteiger partial charge in [-0.05, 0) is 44.7 Å². The highest BCUT2D eigenvalue weighted by molar-refractivity contribution is 7.92. The molecule has 36 heavy (non-hydrogen) atoms. The van der Waals surface area contributed by atoms with Gasteiger partial charge in [-0.2, -0.15) is 13.2 Å². The summed E-state index contributed by atoms with van der Waals surface area (Å²) in [7, 11) is -3.54. The molecule has 1 amide bonds. The number of aromatic nitrogens is 3. The first-order valence-corrected chi connectivity index (χ1v) is 13.2. The summed E-state index contributed by atoms with van der Waals surface area (Å²) in [4.78, 5) is 24.2. The smallest absolute Gasteiger partial charge is 0.323 e. The number of nitrogens with zero attached hydrogens (tertiary/aromatic N) is 3. The Morgan fingerprint density at radius 1 is 1.14 bits per heavy atom. The fraction of sp³-hybridized carbons (Fsp3) is 0.364. The molecule has 0 atom stereocenters. The maximum Gasteiger partial charge on any atom is 0.434 e. The van der Waals surface area contributed by atoms with Crippen LogP contribution in [0.5, 0.6) is 0 Å². The molecule has 2 heterocycles. The minimum Gasteiger partial charge on any atom is -0.323 e. The lowest BCUT2D eigenvalue weighted by Crippen LogP contribution is -2.35. The van der Waals surface area contributed by atoms with E-state index < -0.39 is 39.0 Å². The SMILES string of the molecule is CC(C)(C(=O)Nc1ccc(-c2cncc(C(F)(F)F)n2)cc1F)c1csc(NS(=O)(=O)CC2CC2)n1. The maximum absolute atomic E-state index is 14.7. The van der Waals surface area contributed by atoms with E-state index in [1.807, 2.05) is 0 Å². The second kappa shape index (κ2) is 9.39. The molecule has 2 aromatic heterocycles. The Hall–Kier alpha value is -3.13. The van der Waals surface area contributed by atoms with Crippen molar-refractivity contribution in [2.75, 3.05) is 15.8 Å².